The Balaban J connectivity index is 2.63. The molecule has 0 amide bonds. The van der Waals surface area contributed by atoms with Crippen molar-refractivity contribution in [3.8, 4) is 0 Å². The molecule has 1 aliphatic carbocycles. The van der Waals surface area contributed by atoms with Crippen LogP contribution >= 0.6 is 0 Å². The predicted molar refractivity (Wildman–Crippen MR) is 35.3 cm³/mol. The molecule has 1 rings (SSSR count). The van der Waals surface area contributed by atoms with Crippen LogP contribution in [0.5, 0.6) is 0 Å². The summed E-state index contributed by atoms with van der Waals surface area (Å²) in [6.07, 6.45) is 1.27. The molecule has 0 saturated heterocycles. The van der Waals surface area contributed by atoms with E-state index >= 15 is 0 Å². The van der Waals surface area contributed by atoms with Gasteiger partial charge in [-0.05, 0) is 12.5 Å². The Morgan fingerprint density at radius 3 is 1.62 bits per heavy atom. The molecule has 0 saturated carbocycles. The van der Waals surface area contributed by atoms with Crippen molar-refractivity contribution in [2.45, 2.75) is 13.3 Å². The number of quaternary nitrogens is 1. The lowest BCUT2D eigenvalue weighted by Crippen LogP contribution is -2.28. The molecule has 0 heterocycles. The Bertz CT molecular complexity index is 137. The number of rotatable bonds is 1. The molecule has 1 heteroatoms. The highest BCUT2D eigenvalue weighted by Gasteiger charge is 2.30. The maximum atomic E-state index is 2.21. The van der Waals surface area contributed by atoms with Crippen molar-refractivity contribution in [2.75, 3.05) is 21.1 Å². The monoisotopic (exact) mass is 112 g/mol. The summed E-state index contributed by atoms with van der Waals surface area (Å²) in [6, 6.07) is 0. The lowest BCUT2D eigenvalue weighted by molar-refractivity contribution is -0.827. The molecule has 0 bridgehead atoms. The zero-order valence-electron chi connectivity index (χ0n) is 6.15. The average Bonchev–Trinajstić information content (AvgIpc) is 2.13. The highest BCUT2D eigenvalue weighted by atomic mass is 15.3. The van der Waals surface area contributed by atoms with Crippen LogP contribution in [0.4, 0.5) is 0 Å². The minimum absolute atomic E-state index is 1.03. The third-order valence-electron chi connectivity index (χ3n) is 1.61. The summed E-state index contributed by atoms with van der Waals surface area (Å²) in [7, 11) is 6.64. The van der Waals surface area contributed by atoms with Crippen LogP contribution in [0, 0.1) is 0 Å². The first-order valence-corrected chi connectivity index (χ1v) is 3.02. The lowest BCUT2D eigenvalue weighted by atomic mass is 10.6. The van der Waals surface area contributed by atoms with Crippen molar-refractivity contribution in [2.24, 2.45) is 0 Å². The lowest BCUT2D eigenvalue weighted by Gasteiger charge is -2.19. The standard InChI is InChI=1S/C7H14N/c1-6-5-7(6)8(2,3)4/h5H2,1-4H3/q+1. The summed E-state index contributed by atoms with van der Waals surface area (Å²) in [4.78, 5) is 0. The van der Waals surface area contributed by atoms with Gasteiger partial charge >= 0.3 is 0 Å². The highest BCUT2D eigenvalue weighted by molar-refractivity contribution is 5.26. The van der Waals surface area contributed by atoms with Crippen LogP contribution in [0.3, 0.4) is 0 Å². The van der Waals surface area contributed by atoms with Crippen molar-refractivity contribution in [1.29, 1.82) is 0 Å². The van der Waals surface area contributed by atoms with Gasteiger partial charge in [0.05, 0.1) is 21.1 Å². The number of allylic oxidation sites excluding steroid dienone is 2. The van der Waals surface area contributed by atoms with Gasteiger partial charge in [-0.3, -0.25) is 0 Å². The van der Waals surface area contributed by atoms with Gasteiger partial charge in [-0.1, -0.05) is 0 Å². The van der Waals surface area contributed by atoms with E-state index in [-0.39, 0.29) is 0 Å². The second-order valence-electron chi connectivity index (χ2n) is 3.42. The van der Waals surface area contributed by atoms with Crippen molar-refractivity contribution >= 4 is 0 Å². The van der Waals surface area contributed by atoms with Gasteiger partial charge in [-0.25, -0.2) is 0 Å². The number of nitrogens with zero attached hydrogens (tertiary/aromatic N) is 1. The van der Waals surface area contributed by atoms with Crippen molar-refractivity contribution in [1.82, 2.24) is 0 Å². The van der Waals surface area contributed by atoms with E-state index in [4.69, 9.17) is 0 Å². The molecule has 0 fully saturated rings. The van der Waals surface area contributed by atoms with Crippen LogP contribution in [0.1, 0.15) is 13.3 Å². The number of hydrogen-bond acceptors (Lipinski definition) is 0. The van der Waals surface area contributed by atoms with Crippen LogP contribution in [0.15, 0.2) is 11.3 Å². The fraction of sp³-hybridized carbons (Fsp3) is 0.714. The molecule has 0 aromatic carbocycles. The van der Waals surface area contributed by atoms with Gasteiger partial charge < -0.3 is 4.48 Å². The molecule has 0 atom stereocenters. The van der Waals surface area contributed by atoms with E-state index in [1.165, 1.54) is 6.42 Å². The highest BCUT2D eigenvalue weighted by Crippen LogP contribution is 2.34. The van der Waals surface area contributed by atoms with E-state index in [1.54, 1.807) is 11.3 Å². The van der Waals surface area contributed by atoms with Crippen molar-refractivity contribution in [3.05, 3.63) is 11.3 Å². The minimum Gasteiger partial charge on any atom is -0.302 e. The van der Waals surface area contributed by atoms with Gasteiger partial charge in [0.1, 0.15) is 5.70 Å². The molecule has 1 aliphatic rings. The summed E-state index contributed by atoms with van der Waals surface area (Å²) >= 11 is 0. The topological polar surface area (TPSA) is 0 Å². The molecule has 0 aliphatic heterocycles. The Hall–Kier alpha value is -0.300. The second kappa shape index (κ2) is 1.35. The van der Waals surface area contributed by atoms with E-state index < -0.39 is 0 Å². The van der Waals surface area contributed by atoms with E-state index in [0.29, 0.717) is 0 Å². The molecule has 1 nitrogen and oxygen atoms in total. The van der Waals surface area contributed by atoms with Gasteiger partial charge in [0, 0.05) is 6.42 Å². The van der Waals surface area contributed by atoms with Gasteiger partial charge in [0.15, 0.2) is 0 Å². The van der Waals surface area contributed by atoms with Gasteiger partial charge in [-0.15, -0.1) is 0 Å². The molecule has 0 unspecified atom stereocenters. The molecule has 46 valence electrons. The molecule has 0 radical (unpaired) electrons. The molecular formula is C7H14N+. The first kappa shape index (κ1) is 5.83. The predicted octanol–water partition coefficient (Wildman–Crippen LogP) is 1.37. The second-order valence-corrected chi connectivity index (χ2v) is 3.42. The summed E-state index contributed by atoms with van der Waals surface area (Å²) in [5, 5.41) is 0. The zero-order valence-corrected chi connectivity index (χ0v) is 6.15. The van der Waals surface area contributed by atoms with Crippen LogP contribution in [0.2, 0.25) is 0 Å². The Morgan fingerprint density at radius 1 is 1.25 bits per heavy atom. The first-order valence-electron chi connectivity index (χ1n) is 3.02. The summed E-state index contributed by atoms with van der Waals surface area (Å²) in [5.74, 6) is 0. The summed E-state index contributed by atoms with van der Waals surface area (Å²) < 4.78 is 1.03. The van der Waals surface area contributed by atoms with E-state index in [0.717, 1.165) is 4.48 Å². The minimum atomic E-state index is 1.03. The Labute approximate surface area is 51.2 Å². The fourth-order valence-corrected chi connectivity index (χ4v) is 1.02. The molecule has 0 aromatic heterocycles. The van der Waals surface area contributed by atoms with E-state index in [9.17, 15) is 0 Å². The zero-order chi connectivity index (χ0) is 6.36. The smallest absolute Gasteiger partial charge is 0.112 e. The van der Waals surface area contributed by atoms with Crippen LogP contribution < -0.4 is 0 Å². The molecular weight excluding hydrogens is 98.1 g/mol. The van der Waals surface area contributed by atoms with Gasteiger partial charge in [0.2, 0.25) is 0 Å². The SMILES string of the molecule is CC1=C([N+](C)(C)C)C1. The maximum Gasteiger partial charge on any atom is 0.112 e. The largest absolute Gasteiger partial charge is 0.302 e. The fourth-order valence-electron chi connectivity index (χ4n) is 1.02. The third kappa shape index (κ3) is 0.920. The van der Waals surface area contributed by atoms with Gasteiger partial charge in [-0.2, -0.15) is 0 Å². The molecule has 0 spiro atoms. The quantitative estimate of drug-likeness (QED) is 0.449. The Kier molecular flexibility index (Phi) is 0.984. The average molecular weight is 112 g/mol. The van der Waals surface area contributed by atoms with Crippen LogP contribution in [-0.4, -0.2) is 25.6 Å². The van der Waals surface area contributed by atoms with Crippen LogP contribution in [0.25, 0.3) is 0 Å². The number of hydrogen-bond donors (Lipinski definition) is 0. The first-order chi connectivity index (χ1) is 3.52. The summed E-state index contributed by atoms with van der Waals surface area (Å²) in [6.45, 7) is 2.21. The van der Waals surface area contributed by atoms with E-state index in [1.807, 2.05) is 0 Å². The Morgan fingerprint density at radius 2 is 1.62 bits per heavy atom. The van der Waals surface area contributed by atoms with Crippen molar-refractivity contribution < 1.29 is 4.48 Å². The van der Waals surface area contributed by atoms with Crippen molar-refractivity contribution in [3.63, 3.8) is 0 Å². The molecule has 0 N–H and O–H groups in total. The van der Waals surface area contributed by atoms with Gasteiger partial charge in [0.25, 0.3) is 0 Å². The van der Waals surface area contributed by atoms with E-state index in [2.05, 4.69) is 28.1 Å². The maximum absolute atomic E-state index is 2.21. The molecule has 8 heavy (non-hydrogen) atoms. The summed E-state index contributed by atoms with van der Waals surface area (Å²) in [5.41, 5.74) is 3.18. The third-order valence-corrected chi connectivity index (χ3v) is 1.61. The van der Waals surface area contributed by atoms with Crippen LogP contribution in [-0.2, 0) is 0 Å². The normalized spacial score (nSPS) is 19.5. The molecule has 0 aromatic rings.